The molecular weight excluding hydrogens is 275 g/mol. The average Bonchev–Trinajstić information content (AvgIpc) is 2.56. The Morgan fingerprint density at radius 2 is 2.06 bits per heavy atom. The van der Waals surface area contributed by atoms with Crippen LogP contribution in [-0.2, 0) is 4.79 Å². The molecule has 4 nitrogen and oxygen atoms in total. The van der Waals surface area contributed by atoms with Crippen molar-refractivity contribution in [1.82, 2.24) is 10.2 Å². The quantitative estimate of drug-likeness (QED) is 0.858. The van der Waals surface area contributed by atoms with E-state index in [4.69, 9.17) is 23.2 Å². The molecule has 6 heteroatoms. The lowest BCUT2D eigenvalue weighted by Crippen LogP contribution is -2.34. The van der Waals surface area contributed by atoms with Crippen molar-refractivity contribution < 1.29 is 9.59 Å². The topological polar surface area (TPSA) is 49.4 Å². The molecule has 0 saturated carbocycles. The van der Waals surface area contributed by atoms with Gasteiger partial charge in [0.15, 0.2) is 0 Å². The molecular formula is C12H12Cl2N2O2. The van der Waals surface area contributed by atoms with E-state index < -0.39 is 0 Å². The molecule has 0 unspecified atom stereocenters. The maximum atomic E-state index is 12.3. The lowest BCUT2D eigenvalue weighted by atomic mass is 10.2. The van der Waals surface area contributed by atoms with Crippen molar-refractivity contribution in [3.05, 3.63) is 33.8 Å². The molecule has 2 amide bonds. The maximum absolute atomic E-state index is 12.3. The zero-order valence-corrected chi connectivity index (χ0v) is 11.1. The third-order valence-electron chi connectivity index (χ3n) is 2.76. The Balaban J connectivity index is 2.19. The average molecular weight is 287 g/mol. The second-order valence-corrected chi connectivity index (χ2v) is 4.86. The molecule has 0 spiro atoms. The highest BCUT2D eigenvalue weighted by molar-refractivity contribution is 6.35. The number of nitrogens with one attached hydrogen (secondary N) is 1. The highest BCUT2D eigenvalue weighted by Gasteiger charge is 2.21. The molecule has 96 valence electrons. The molecule has 0 radical (unpaired) electrons. The fourth-order valence-electron chi connectivity index (χ4n) is 1.80. The van der Waals surface area contributed by atoms with E-state index in [1.54, 1.807) is 23.1 Å². The van der Waals surface area contributed by atoms with Crippen LogP contribution >= 0.6 is 23.2 Å². The van der Waals surface area contributed by atoms with E-state index in [1.807, 2.05) is 0 Å². The van der Waals surface area contributed by atoms with Gasteiger partial charge in [-0.3, -0.25) is 9.59 Å². The number of carbonyl (C=O) groups is 2. The third kappa shape index (κ3) is 2.94. The van der Waals surface area contributed by atoms with Gasteiger partial charge in [-0.1, -0.05) is 23.2 Å². The van der Waals surface area contributed by atoms with Gasteiger partial charge in [0, 0.05) is 31.1 Å². The van der Waals surface area contributed by atoms with Crippen molar-refractivity contribution in [2.75, 3.05) is 19.6 Å². The minimum atomic E-state index is -0.195. The lowest BCUT2D eigenvalue weighted by Gasteiger charge is -2.20. The monoisotopic (exact) mass is 286 g/mol. The number of amides is 2. The largest absolute Gasteiger partial charge is 0.354 e. The van der Waals surface area contributed by atoms with Gasteiger partial charge in [0.2, 0.25) is 5.91 Å². The van der Waals surface area contributed by atoms with Crippen LogP contribution in [0.25, 0.3) is 0 Å². The summed E-state index contributed by atoms with van der Waals surface area (Å²) < 4.78 is 0. The van der Waals surface area contributed by atoms with Crippen LogP contribution in [-0.4, -0.2) is 36.3 Å². The molecule has 1 N–H and O–H groups in total. The number of rotatable bonds is 1. The van der Waals surface area contributed by atoms with Crippen molar-refractivity contribution in [2.24, 2.45) is 0 Å². The van der Waals surface area contributed by atoms with Gasteiger partial charge in [-0.15, -0.1) is 0 Å². The van der Waals surface area contributed by atoms with Crippen LogP contribution in [0.3, 0.4) is 0 Å². The Kier molecular flexibility index (Phi) is 4.09. The highest BCUT2D eigenvalue weighted by atomic mass is 35.5. The smallest absolute Gasteiger partial charge is 0.255 e. The van der Waals surface area contributed by atoms with Gasteiger partial charge in [-0.2, -0.15) is 0 Å². The lowest BCUT2D eigenvalue weighted by molar-refractivity contribution is -0.120. The summed E-state index contributed by atoms with van der Waals surface area (Å²) in [6.45, 7) is 1.34. The number of nitrogens with zero attached hydrogens (tertiary/aromatic N) is 1. The van der Waals surface area contributed by atoms with Gasteiger partial charge in [0.25, 0.3) is 5.91 Å². The fraction of sp³-hybridized carbons (Fsp3) is 0.333. The molecule has 1 aromatic carbocycles. The van der Waals surface area contributed by atoms with Crippen molar-refractivity contribution in [2.45, 2.75) is 6.42 Å². The number of carbonyl (C=O) groups excluding carboxylic acids is 2. The Morgan fingerprint density at radius 1 is 1.28 bits per heavy atom. The summed E-state index contributed by atoms with van der Waals surface area (Å²) in [4.78, 5) is 25.1. The van der Waals surface area contributed by atoms with Gasteiger partial charge < -0.3 is 10.2 Å². The molecule has 1 aromatic rings. The molecule has 0 aromatic heterocycles. The fourth-order valence-corrected chi connectivity index (χ4v) is 2.17. The van der Waals surface area contributed by atoms with E-state index in [2.05, 4.69) is 5.32 Å². The zero-order chi connectivity index (χ0) is 13.1. The summed E-state index contributed by atoms with van der Waals surface area (Å²) >= 11 is 11.9. The van der Waals surface area contributed by atoms with Gasteiger partial charge in [0.05, 0.1) is 10.6 Å². The van der Waals surface area contributed by atoms with Crippen LogP contribution < -0.4 is 5.32 Å². The molecule has 1 aliphatic rings. The minimum Gasteiger partial charge on any atom is -0.354 e. The van der Waals surface area contributed by atoms with Crippen LogP contribution in [0.2, 0.25) is 10.0 Å². The summed E-state index contributed by atoms with van der Waals surface area (Å²) in [6, 6.07) is 4.78. The van der Waals surface area contributed by atoms with E-state index in [1.165, 1.54) is 0 Å². The van der Waals surface area contributed by atoms with Gasteiger partial charge in [-0.25, -0.2) is 0 Å². The van der Waals surface area contributed by atoms with Crippen molar-refractivity contribution in [1.29, 1.82) is 0 Å². The number of halogens is 2. The van der Waals surface area contributed by atoms with E-state index in [0.717, 1.165) is 0 Å². The molecule has 2 rings (SSSR count). The molecule has 0 atom stereocenters. The molecule has 1 heterocycles. The second kappa shape index (κ2) is 5.59. The van der Waals surface area contributed by atoms with E-state index >= 15 is 0 Å². The first-order valence-electron chi connectivity index (χ1n) is 5.59. The molecule has 0 aliphatic carbocycles. The summed E-state index contributed by atoms with van der Waals surface area (Å²) in [5.74, 6) is -0.235. The van der Waals surface area contributed by atoms with Crippen molar-refractivity contribution >= 4 is 35.0 Å². The Morgan fingerprint density at radius 3 is 2.83 bits per heavy atom. The predicted octanol–water partition coefficient (Wildman–Crippen LogP) is 1.96. The van der Waals surface area contributed by atoms with E-state index in [0.29, 0.717) is 41.7 Å². The van der Waals surface area contributed by atoms with Crippen molar-refractivity contribution in [3.63, 3.8) is 0 Å². The normalized spacial score (nSPS) is 16.1. The number of hydrogen-bond donors (Lipinski definition) is 1. The SMILES string of the molecule is O=C1CCN(C(=O)c2cc(Cl)ccc2Cl)CCN1. The number of hydrogen-bond acceptors (Lipinski definition) is 2. The Labute approximate surface area is 115 Å². The standard InChI is InChI=1S/C12H12Cl2N2O2/c13-8-1-2-10(14)9(7-8)12(18)16-5-3-11(17)15-4-6-16/h1-2,7H,3-6H2,(H,15,17). The zero-order valence-electron chi connectivity index (χ0n) is 9.58. The first-order chi connectivity index (χ1) is 8.58. The van der Waals surface area contributed by atoms with Crippen LogP contribution in [0.15, 0.2) is 18.2 Å². The van der Waals surface area contributed by atoms with Crippen LogP contribution in [0.4, 0.5) is 0 Å². The second-order valence-electron chi connectivity index (χ2n) is 4.02. The Hall–Kier alpha value is -1.26. The molecule has 18 heavy (non-hydrogen) atoms. The summed E-state index contributed by atoms with van der Waals surface area (Å²) in [7, 11) is 0. The van der Waals surface area contributed by atoms with Gasteiger partial charge in [0.1, 0.15) is 0 Å². The molecule has 1 fully saturated rings. The van der Waals surface area contributed by atoms with Crippen molar-refractivity contribution in [3.8, 4) is 0 Å². The van der Waals surface area contributed by atoms with Crippen LogP contribution in [0.5, 0.6) is 0 Å². The summed E-state index contributed by atoms with van der Waals surface area (Å²) in [5, 5.41) is 3.55. The maximum Gasteiger partial charge on any atom is 0.255 e. The molecule has 0 bridgehead atoms. The van der Waals surface area contributed by atoms with Gasteiger partial charge >= 0.3 is 0 Å². The van der Waals surface area contributed by atoms with E-state index in [-0.39, 0.29) is 11.8 Å². The molecule has 1 saturated heterocycles. The van der Waals surface area contributed by atoms with Gasteiger partial charge in [-0.05, 0) is 18.2 Å². The number of benzene rings is 1. The first-order valence-corrected chi connectivity index (χ1v) is 6.34. The molecule has 1 aliphatic heterocycles. The minimum absolute atomic E-state index is 0.0394. The van der Waals surface area contributed by atoms with Crippen LogP contribution in [0, 0.1) is 0 Å². The third-order valence-corrected chi connectivity index (χ3v) is 3.32. The van der Waals surface area contributed by atoms with Crippen LogP contribution in [0.1, 0.15) is 16.8 Å². The highest BCUT2D eigenvalue weighted by Crippen LogP contribution is 2.22. The first kappa shape index (κ1) is 13.2. The summed E-state index contributed by atoms with van der Waals surface area (Å²) in [6.07, 6.45) is 0.309. The van der Waals surface area contributed by atoms with E-state index in [9.17, 15) is 9.59 Å². The predicted molar refractivity (Wildman–Crippen MR) is 70.0 cm³/mol. The Bertz CT molecular complexity index is 491. The summed E-state index contributed by atoms with van der Waals surface area (Å²) in [5.41, 5.74) is 0.374.